The van der Waals surface area contributed by atoms with Gasteiger partial charge in [0, 0.05) is 37.2 Å². The Morgan fingerprint density at radius 3 is 2.71 bits per heavy atom. The quantitative estimate of drug-likeness (QED) is 0.909. The minimum Gasteiger partial charge on any atom is -0.328 e. The number of fused-ring (bicyclic) bond motifs is 1. The summed E-state index contributed by atoms with van der Waals surface area (Å²) in [6.45, 7) is 4.51. The average Bonchev–Trinajstić information content (AvgIpc) is 3.32. The normalized spacial score (nSPS) is 24.8. The topological polar surface area (TPSA) is 29.9 Å². The van der Waals surface area contributed by atoms with Gasteiger partial charge in [0.2, 0.25) is 0 Å². The first-order chi connectivity index (χ1) is 10.4. The lowest BCUT2D eigenvalue weighted by Gasteiger charge is -2.33. The van der Waals surface area contributed by atoms with Crippen molar-refractivity contribution in [3.63, 3.8) is 0 Å². The molecule has 4 rings (SSSR count). The monoisotopic (exact) mass is 287 g/mol. The van der Waals surface area contributed by atoms with E-state index in [0.717, 1.165) is 31.0 Å². The fourth-order valence-corrected chi connectivity index (χ4v) is 4.60. The summed E-state index contributed by atoms with van der Waals surface area (Å²) in [6.07, 6.45) is 12.4. The summed E-state index contributed by atoms with van der Waals surface area (Å²) >= 11 is 0. The summed E-state index contributed by atoms with van der Waals surface area (Å²) in [5.41, 5.74) is 2.94. The second-order valence-electron chi connectivity index (χ2n) is 7.31. The highest BCUT2D eigenvalue weighted by Crippen LogP contribution is 2.44. The van der Waals surface area contributed by atoms with Crippen molar-refractivity contribution < 1.29 is 0 Å². The van der Waals surface area contributed by atoms with Crippen LogP contribution in [0.4, 0.5) is 0 Å². The Morgan fingerprint density at radius 1 is 1.19 bits per heavy atom. The molecule has 0 aromatic carbocycles. The van der Waals surface area contributed by atoms with Crippen LogP contribution < -0.4 is 5.32 Å². The molecule has 2 aliphatic carbocycles. The lowest BCUT2D eigenvalue weighted by Crippen LogP contribution is -2.29. The maximum Gasteiger partial charge on any atom is 0.112 e. The first-order valence-corrected chi connectivity index (χ1v) is 9.19. The lowest BCUT2D eigenvalue weighted by molar-refractivity contribution is 0.235. The molecule has 0 saturated heterocycles. The standard InChI is InChI=1S/C18H29N3/c1-2-16(13-6-4-3-5-7-13)21-17-10-11-19-12-15(17)20-18(21)14-8-9-14/h13-14,16,19H,2-12H2,1H3. The highest BCUT2D eigenvalue weighted by Gasteiger charge is 2.36. The van der Waals surface area contributed by atoms with E-state index in [0.29, 0.717) is 0 Å². The molecule has 1 aliphatic heterocycles. The Morgan fingerprint density at radius 2 is 2.00 bits per heavy atom. The maximum absolute atomic E-state index is 5.08. The first kappa shape index (κ1) is 13.8. The third-order valence-corrected chi connectivity index (χ3v) is 5.84. The molecule has 3 heteroatoms. The van der Waals surface area contributed by atoms with Crippen molar-refractivity contribution in [2.75, 3.05) is 6.54 Å². The predicted octanol–water partition coefficient (Wildman–Crippen LogP) is 3.94. The van der Waals surface area contributed by atoms with Gasteiger partial charge in [-0.3, -0.25) is 0 Å². The van der Waals surface area contributed by atoms with Gasteiger partial charge in [-0.15, -0.1) is 0 Å². The van der Waals surface area contributed by atoms with Gasteiger partial charge in [0.15, 0.2) is 0 Å². The minimum atomic E-state index is 0.718. The molecule has 1 N–H and O–H groups in total. The average molecular weight is 287 g/mol. The smallest absolute Gasteiger partial charge is 0.112 e. The molecule has 3 aliphatic rings. The summed E-state index contributed by atoms with van der Waals surface area (Å²) in [7, 11) is 0. The Bertz CT molecular complexity index is 495. The fourth-order valence-electron chi connectivity index (χ4n) is 4.60. The zero-order chi connectivity index (χ0) is 14.2. The first-order valence-electron chi connectivity index (χ1n) is 9.19. The number of nitrogens with zero attached hydrogens (tertiary/aromatic N) is 2. The molecular weight excluding hydrogens is 258 g/mol. The number of nitrogens with one attached hydrogen (secondary N) is 1. The fraction of sp³-hybridized carbons (Fsp3) is 0.833. The molecule has 3 nitrogen and oxygen atoms in total. The lowest BCUT2D eigenvalue weighted by atomic mass is 9.82. The number of imidazole rings is 1. The molecule has 2 saturated carbocycles. The van der Waals surface area contributed by atoms with Crippen LogP contribution in [0.5, 0.6) is 0 Å². The largest absolute Gasteiger partial charge is 0.328 e. The maximum atomic E-state index is 5.08. The molecule has 1 unspecified atom stereocenters. The molecule has 0 bridgehead atoms. The van der Waals surface area contributed by atoms with Crippen LogP contribution in [-0.2, 0) is 13.0 Å². The van der Waals surface area contributed by atoms with E-state index in [1.807, 2.05) is 0 Å². The Balaban J connectivity index is 1.72. The molecule has 21 heavy (non-hydrogen) atoms. The van der Waals surface area contributed by atoms with E-state index in [1.165, 1.54) is 69.3 Å². The van der Waals surface area contributed by atoms with Crippen LogP contribution in [0.1, 0.15) is 87.5 Å². The summed E-state index contributed by atoms with van der Waals surface area (Å²) in [5, 5.41) is 3.50. The van der Waals surface area contributed by atoms with Crippen LogP contribution >= 0.6 is 0 Å². The van der Waals surface area contributed by atoms with Crippen LogP contribution in [0, 0.1) is 5.92 Å². The van der Waals surface area contributed by atoms with Gasteiger partial charge in [0.25, 0.3) is 0 Å². The summed E-state index contributed by atoms with van der Waals surface area (Å²) < 4.78 is 2.74. The number of hydrogen-bond donors (Lipinski definition) is 1. The van der Waals surface area contributed by atoms with Gasteiger partial charge in [0.1, 0.15) is 5.82 Å². The van der Waals surface area contributed by atoms with E-state index in [9.17, 15) is 0 Å². The van der Waals surface area contributed by atoms with Gasteiger partial charge >= 0.3 is 0 Å². The van der Waals surface area contributed by atoms with Gasteiger partial charge in [-0.2, -0.15) is 0 Å². The summed E-state index contributed by atoms with van der Waals surface area (Å²) in [6, 6.07) is 0.718. The van der Waals surface area contributed by atoms with E-state index in [1.54, 1.807) is 5.69 Å². The van der Waals surface area contributed by atoms with E-state index in [-0.39, 0.29) is 0 Å². The van der Waals surface area contributed by atoms with Crippen molar-refractivity contribution in [3.8, 4) is 0 Å². The van der Waals surface area contributed by atoms with Crippen LogP contribution in [0.15, 0.2) is 0 Å². The molecule has 1 atom stereocenters. The van der Waals surface area contributed by atoms with Crippen molar-refractivity contribution in [3.05, 3.63) is 17.2 Å². The zero-order valence-corrected chi connectivity index (χ0v) is 13.4. The minimum absolute atomic E-state index is 0.718. The van der Waals surface area contributed by atoms with Crippen molar-refractivity contribution in [2.24, 2.45) is 5.92 Å². The Hall–Kier alpha value is -0.830. The van der Waals surface area contributed by atoms with Gasteiger partial charge in [-0.25, -0.2) is 4.98 Å². The number of aromatic nitrogens is 2. The van der Waals surface area contributed by atoms with Crippen LogP contribution in [0.3, 0.4) is 0 Å². The summed E-state index contributed by atoms with van der Waals surface area (Å²) in [4.78, 5) is 5.08. The molecule has 2 fully saturated rings. The van der Waals surface area contributed by atoms with Crippen molar-refractivity contribution >= 4 is 0 Å². The van der Waals surface area contributed by atoms with E-state index in [4.69, 9.17) is 4.98 Å². The van der Waals surface area contributed by atoms with Crippen molar-refractivity contribution in [2.45, 2.75) is 83.2 Å². The zero-order valence-electron chi connectivity index (χ0n) is 13.4. The van der Waals surface area contributed by atoms with Crippen LogP contribution in [0.2, 0.25) is 0 Å². The van der Waals surface area contributed by atoms with Crippen molar-refractivity contribution in [1.29, 1.82) is 0 Å². The third-order valence-electron chi connectivity index (χ3n) is 5.84. The second kappa shape index (κ2) is 5.75. The SMILES string of the molecule is CCC(C1CCCCC1)n1c(C2CC2)nc2c1CCNC2. The van der Waals surface area contributed by atoms with Gasteiger partial charge < -0.3 is 9.88 Å². The van der Waals surface area contributed by atoms with Gasteiger partial charge in [0.05, 0.1) is 5.69 Å². The molecular formula is C18H29N3. The second-order valence-corrected chi connectivity index (χ2v) is 7.31. The van der Waals surface area contributed by atoms with Gasteiger partial charge in [-0.05, 0) is 38.0 Å². The molecule has 2 heterocycles. The van der Waals surface area contributed by atoms with Gasteiger partial charge in [-0.1, -0.05) is 26.2 Å². The van der Waals surface area contributed by atoms with E-state index in [2.05, 4.69) is 16.8 Å². The highest BCUT2D eigenvalue weighted by atomic mass is 15.2. The molecule has 1 aromatic heterocycles. The Kier molecular flexibility index (Phi) is 3.78. The molecule has 116 valence electrons. The van der Waals surface area contributed by atoms with Crippen molar-refractivity contribution in [1.82, 2.24) is 14.9 Å². The number of hydrogen-bond acceptors (Lipinski definition) is 2. The number of rotatable bonds is 4. The van der Waals surface area contributed by atoms with Crippen LogP contribution in [0.25, 0.3) is 0 Å². The van der Waals surface area contributed by atoms with Crippen LogP contribution in [-0.4, -0.2) is 16.1 Å². The highest BCUT2D eigenvalue weighted by molar-refractivity contribution is 5.25. The predicted molar refractivity (Wildman–Crippen MR) is 85.5 cm³/mol. The molecule has 0 radical (unpaired) electrons. The molecule has 0 amide bonds. The Labute approximate surface area is 128 Å². The van der Waals surface area contributed by atoms with E-state index >= 15 is 0 Å². The van der Waals surface area contributed by atoms with E-state index < -0.39 is 0 Å². The molecule has 1 aromatic rings. The summed E-state index contributed by atoms with van der Waals surface area (Å²) in [5.74, 6) is 3.11. The molecule has 0 spiro atoms. The third kappa shape index (κ3) is 2.54.